The summed E-state index contributed by atoms with van der Waals surface area (Å²) in [5.74, 6) is 0.299. The Bertz CT molecular complexity index is 394. The number of H-pyrrole nitrogens is 1. The lowest BCUT2D eigenvalue weighted by Gasteiger charge is -2.03. The van der Waals surface area contributed by atoms with E-state index in [0.29, 0.717) is 5.82 Å². The fourth-order valence-corrected chi connectivity index (χ4v) is 1.71. The highest BCUT2D eigenvalue weighted by Gasteiger charge is 2.10. The fourth-order valence-electron chi connectivity index (χ4n) is 0.802. The van der Waals surface area contributed by atoms with E-state index in [4.69, 9.17) is 0 Å². The molecule has 0 bridgehead atoms. The normalized spacial score (nSPS) is 11.2. The van der Waals surface area contributed by atoms with Gasteiger partial charge in [0.15, 0.2) is 0 Å². The molecule has 0 aliphatic heterocycles. The van der Waals surface area contributed by atoms with E-state index in [9.17, 15) is 8.42 Å². The number of nitrogens with one attached hydrogen (secondary N) is 2. The van der Waals surface area contributed by atoms with Crippen molar-refractivity contribution in [1.82, 2.24) is 10.2 Å². The zero-order valence-electron chi connectivity index (χ0n) is 7.24. The summed E-state index contributed by atoms with van der Waals surface area (Å²) in [4.78, 5) is 0. The highest BCUT2D eigenvalue weighted by Crippen LogP contribution is 2.10. The van der Waals surface area contributed by atoms with Gasteiger partial charge >= 0.3 is 0 Å². The van der Waals surface area contributed by atoms with Crippen LogP contribution in [0.25, 0.3) is 0 Å². The van der Waals surface area contributed by atoms with Crippen molar-refractivity contribution < 1.29 is 8.42 Å². The molecule has 0 saturated carbocycles. The predicted octanol–water partition coefficient (Wildman–Crippen LogP) is 0.646. The molecule has 13 heavy (non-hydrogen) atoms. The molecule has 1 rings (SSSR count). The van der Waals surface area contributed by atoms with Crippen LogP contribution in [-0.2, 0) is 10.0 Å². The van der Waals surface area contributed by atoms with E-state index < -0.39 is 10.0 Å². The third-order valence-electron chi connectivity index (χ3n) is 1.42. The van der Waals surface area contributed by atoms with Gasteiger partial charge < -0.3 is 0 Å². The summed E-state index contributed by atoms with van der Waals surface area (Å²) in [5.41, 5.74) is 0.757. The number of rotatable bonds is 4. The van der Waals surface area contributed by atoms with E-state index in [2.05, 4.69) is 21.5 Å². The third kappa shape index (κ3) is 2.59. The van der Waals surface area contributed by atoms with Crippen molar-refractivity contribution in [1.29, 1.82) is 0 Å². The molecule has 0 aromatic carbocycles. The molecule has 0 aliphatic rings. The minimum atomic E-state index is -3.32. The molecule has 0 fully saturated rings. The van der Waals surface area contributed by atoms with E-state index in [0.717, 1.165) is 5.56 Å². The number of sulfonamides is 1. The Balaban J connectivity index is 2.80. The molecule has 6 heteroatoms. The van der Waals surface area contributed by atoms with Gasteiger partial charge in [0.05, 0.1) is 11.9 Å². The molecule has 1 heterocycles. The Hall–Kier alpha value is -1.30. The van der Waals surface area contributed by atoms with Crippen LogP contribution in [0.15, 0.2) is 18.9 Å². The number of nitrogens with zero attached hydrogens (tertiary/aromatic N) is 1. The minimum absolute atomic E-state index is 0.106. The topological polar surface area (TPSA) is 74.8 Å². The van der Waals surface area contributed by atoms with Crippen LogP contribution < -0.4 is 4.72 Å². The lowest BCUT2D eigenvalue weighted by Crippen LogP contribution is -2.16. The quantitative estimate of drug-likeness (QED) is 0.702. The van der Waals surface area contributed by atoms with Crippen molar-refractivity contribution in [2.75, 3.05) is 10.5 Å². The largest absolute Gasteiger partial charge is 0.267 e. The lowest BCUT2D eigenvalue weighted by atomic mass is 10.4. The summed E-state index contributed by atoms with van der Waals surface area (Å²) in [6, 6.07) is 0. The molecule has 0 spiro atoms. The summed E-state index contributed by atoms with van der Waals surface area (Å²) >= 11 is 0. The molecule has 0 amide bonds. The van der Waals surface area contributed by atoms with E-state index in [1.54, 1.807) is 13.1 Å². The summed E-state index contributed by atoms with van der Waals surface area (Å²) in [6.07, 6.45) is 2.87. The Labute approximate surface area is 76.9 Å². The van der Waals surface area contributed by atoms with Gasteiger partial charge in [-0.3, -0.25) is 9.82 Å². The monoisotopic (exact) mass is 201 g/mol. The van der Waals surface area contributed by atoms with Crippen molar-refractivity contribution in [3.8, 4) is 0 Å². The van der Waals surface area contributed by atoms with E-state index in [-0.39, 0.29) is 5.75 Å². The number of aromatic amines is 1. The van der Waals surface area contributed by atoms with Crippen molar-refractivity contribution in [2.24, 2.45) is 0 Å². The SMILES string of the molecule is C=CCS(=O)(=O)Nc1[nH]ncc1C. The second kappa shape index (κ2) is 3.61. The molecule has 0 aliphatic carbocycles. The zero-order chi connectivity index (χ0) is 9.90. The summed E-state index contributed by atoms with van der Waals surface area (Å²) in [5, 5.41) is 6.23. The van der Waals surface area contributed by atoms with E-state index in [1.165, 1.54) is 6.08 Å². The van der Waals surface area contributed by atoms with Crippen LogP contribution in [0, 0.1) is 6.92 Å². The number of aromatic nitrogens is 2. The highest BCUT2D eigenvalue weighted by atomic mass is 32.2. The van der Waals surface area contributed by atoms with Gasteiger partial charge in [0, 0.05) is 5.56 Å². The van der Waals surface area contributed by atoms with Crippen LogP contribution in [0.2, 0.25) is 0 Å². The van der Waals surface area contributed by atoms with Crippen LogP contribution in [-0.4, -0.2) is 24.4 Å². The molecule has 72 valence electrons. The third-order valence-corrected chi connectivity index (χ3v) is 2.61. The average molecular weight is 201 g/mol. The maximum atomic E-state index is 11.2. The summed E-state index contributed by atoms with van der Waals surface area (Å²) in [7, 11) is -3.32. The summed E-state index contributed by atoms with van der Waals surface area (Å²) < 4.78 is 24.8. The Morgan fingerprint density at radius 1 is 1.77 bits per heavy atom. The van der Waals surface area contributed by atoms with Gasteiger partial charge in [0.1, 0.15) is 5.82 Å². The molecule has 0 radical (unpaired) electrons. The summed E-state index contributed by atoms with van der Waals surface area (Å²) in [6.45, 7) is 5.11. The van der Waals surface area contributed by atoms with Crippen molar-refractivity contribution in [3.63, 3.8) is 0 Å². The zero-order valence-corrected chi connectivity index (χ0v) is 8.06. The average Bonchev–Trinajstić information content (AvgIpc) is 2.35. The molecule has 0 atom stereocenters. The first-order valence-corrected chi connectivity index (χ1v) is 5.32. The first-order valence-electron chi connectivity index (χ1n) is 3.66. The first kappa shape index (κ1) is 9.79. The smallest absolute Gasteiger partial charge is 0.237 e. The van der Waals surface area contributed by atoms with Gasteiger partial charge in [0.2, 0.25) is 10.0 Å². The number of hydrogen-bond donors (Lipinski definition) is 2. The fraction of sp³-hybridized carbons (Fsp3) is 0.286. The molecule has 1 aromatic rings. The molecular formula is C7H11N3O2S. The number of anilines is 1. The minimum Gasteiger partial charge on any atom is -0.267 e. The van der Waals surface area contributed by atoms with E-state index in [1.807, 2.05) is 0 Å². The Kier molecular flexibility index (Phi) is 2.72. The Morgan fingerprint density at radius 3 is 2.92 bits per heavy atom. The van der Waals surface area contributed by atoms with Crippen molar-refractivity contribution >= 4 is 15.8 Å². The standard InChI is InChI=1S/C7H11N3O2S/c1-3-4-13(11,12)10-7-6(2)5-8-9-7/h3,5H,1,4H2,2H3,(H2,8,9,10). The highest BCUT2D eigenvalue weighted by molar-refractivity contribution is 7.92. The second-order valence-corrected chi connectivity index (χ2v) is 4.37. The van der Waals surface area contributed by atoms with Crippen LogP contribution in [0.3, 0.4) is 0 Å². The van der Waals surface area contributed by atoms with Gasteiger partial charge in [-0.25, -0.2) is 8.42 Å². The lowest BCUT2D eigenvalue weighted by molar-refractivity contribution is 0.604. The van der Waals surface area contributed by atoms with E-state index >= 15 is 0 Å². The molecule has 5 nitrogen and oxygen atoms in total. The predicted molar refractivity (Wildman–Crippen MR) is 50.9 cm³/mol. The molecule has 0 unspecified atom stereocenters. The van der Waals surface area contributed by atoms with Crippen LogP contribution in [0.5, 0.6) is 0 Å². The van der Waals surface area contributed by atoms with Crippen LogP contribution in [0.4, 0.5) is 5.82 Å². The second-order valence-electron chi connectivity index (χ2n) is 2.60. The Morgan fingerprint density at radius 2 is 2.46 bits per heavy atom. The van der Waals surface area contributed by atoms with Gasteiger partial charge in [-0.2, -0.15) is 5.10 Å². The first-order chi connectivity index (χ1) is 6.05. The van der Waals surface area contributed by atoms with Gasteiger partial charge in [0.25, 0.3) is 0 Å². The van der Waals surface area contributed by atoms with Gasteiger partial charge in [-0.15, -0.1) is 6.58 Å². The molecule has 1 aromatic heterocycles. The maximum Gasteiger partial charge on any atom is 0.237 e. The number of hydrogen-bond acceptors (Lipinski definition) is 3. The molecular weight excluding hydrogens is 190 g/mol. The van der Waals surface area contributed by atoms with Crippen molar-refractivity contribution in [2.45, 2.75) is 6.92 Å². The van der Waals surface area contributed by atoms with Crippen LogP contribution >= 0.6 is 0 Å². The molecule has 2 N–H and O–H groups in total. The van der Waals surface area contributed by atoms with Gasteiger partial charge in [-0.05, 0) is 6.92 Å². The van der Waals surface area contributed by atoms with Gasteiger partial charge in [-0.1, -0.05) is 6.08 Å². The van der Waals surface area contributed by atoms with Crippen molar-refractivity contribution in [3.05, 3.63) is 24.4 Å². The van der Waals surface area contributed by atoms with Crippen LogP contribution in [0.1, 0.15) is 5.56 Å². The molecule has 0 saturated heterocycles. The maximum absolute atomic E-state index is 11.2. The number of aryl methyl sites for hydroxylation is 1.